The molecule has 1 amide bonds. The Morgan fingerprint density at radius 2 is 1.78 bits per heavy atom. The number of pyridine rings is 1. The van der Waals surface area contributed by atoms with Crippen molar-refractivity contribution in [3.63, 3.8) is 0 Å². The van der Waals surface area contributed by atoms with Crippen molar-refractivity contribution in [1.82, 2.24) is 19.9 Å². The second-order valence-corrected chi connectivity index (χ2v) is 8.31. The Kier molecular flexibility index (Phi) is 6.51. The molecule has 0 saturated carbocycles. The van der Waals surface area contributed by atoms with Crippen LogP contribution in [0.3, 0.4) is 0 Å². The first-order valence-electron chi connectivity index (χ1n) is 10.5. The number of carbonyl (C=O) groups excluding carboxylic acids is 1. The number of carbonyl (C=O) groups is 1. The number of benzene rings is 2. The van der Waals surface area contributed by atoms with Crippen LogP contribution in [0, 0.1) is 12.7 Å². The molecular formula is C25H24ClFN4O. The zero-order valence-corrected chi connectivity index (χ0v) is 18.7. The molecule has 0 aliphatic carbocycles. The maximum absolute atomic E-state index is 13.3. The van der Waals surface area contributed by atoms with Crippen LogP contribution in [-0.4, -0.2) is 20.4 Å². The molecule has 2 aromatic carbocycles. The third-order valence-electron chi connectivity index (χ3n) is 5.39. The minimum absolute atomic E-state index is 0.0584. The van der Waals surface area contributed by atoms with E-state index >= 15 is 0 Å². The maximum Gasteiger partial charge on any atom is 0.220 e. The van der Waals surface area contributed by atoms with Crippen molar-refractivity contribution in [1.29, 1.82) is 0 Å². The number of nitrogens with one attached hydrogen (secondary N) is 1. The van der Waals surface area contributed by atoms with E-state index in [4.69, 9.17) is 16.6 Å². The van der Waals surface area contributed by atoms with E-state index in [1.165, 1.54) is 12.1 Å². The molecule has 164 valence electrons. The second-order valence-electron chi connectivity index (χ2n) is 7.88. The van der Waals surface area contributed by atoms with E-state index in [0.717, 1.165) is 33.8 Å². The van der Waals surface area contributed by atoms with Crippen molar-refractivity contribution in [3.05, 3.63) is 94.1 Å². The van der Waals surface area contributed by atoms with Gasteiger partial charge in [-0.15, -0.1) is 0 Å². The number of aromatic nitrogens is 3. The number of fused-ring (bicyclic) bond motifs is 1. The van der Waals surface area contributed by atoms with Gasteiger partial charge in [0, 0.05) is 23.6 Å². The molecule has 4 rings (SSSR count). The molecule has 4 aromatic rings. The van der Waals surface area contributed by atoms with Crippen LogP contribution in [0.25, 0.3) is 11.2 Å². The quantitative estimate of drug-likeness (QED) is 0.410. The molecule has 0 bridgehead atoms. The number of amides is 1. The molecule has 0 aliphatic heterocycles. The number of hydrogen-bond donors (Lipinski definition) is 1. The predicted molar refractivity (Wildman–Crippen MR) is 124 cm³/mol. The maximum atomic E-state index is 13.3. The van der Waals surface area contributed by atoms with Crippen LogP contribution in [-0.2, 0) is 17.8 Å². The third-order valence-corrected chi connectivity index (χ3v) is 5.64. The summed E-state index contributed by atoms with van der Waals surface area (Å²) in [5.41, 5.74) is 4.36. The van der Waals surface area contributed by atoms with Gasteiger partial charge in [0.25, 0.3) is 0 Å². The van der Waals surface area contributed by atoms with Gasteiger partial charge in [0.15, 0.2) is 5.65 Å². The first-order valence-corrected chi connectivity index (χ1v) is 10.9. The molecule has 1 N–H and O–H groups in total. The fraction of sp³-hybridized carbons (Fsp3) is 0.240. The highest BCUT2D eigenvalue weighted by Gasteiger charge is 2.16. The Hall–Kier alpha value is -3.25. The van der Waals surface area contributed by atoms with Crippen LogP contribution in [0.5, 0.6) is 0 Å². The molecular weight excluding hydrogens is 427 g/mol. The fourth-order valence-corrected chi connectivity index (χ4v) is 3.77. The van der Waals surface area contributed by atoms with Gasteiger partial charge in [0.1, 0.15) is 17.2 Å². The lowest BCUT2D eigenvalue weighted by atomic mass is 10.1. The molecule has 0 radical (unpaired) electrons. The highest BCUT2D eigenvalue weighted by Crippen LogP contribution is 2.20. The number of nitrogens with zero attached hydrogens (tertiary/aromatic N) is 3. The summed E-state index contributed by atoms with van der Waals surface area (Å²) in [5.74, 6) is 0.443. The van der Waals surface area contributed by atoms with Crippen molar-refractivity contribution in [3.8, 4) is 0 Å². The van der Waals surface area contributed by atoms with Gasteiger partial charge < -0.3 is 9.88 Å². The summed E-state index contributed by atoms with van der Waals surface area (Å²) < 4.78 is 15.3. The molecule has 0 unspecified atom stereocenters. The molecule has 0 spiro atoms. The lowest BCUT2D eigenvalue weighted by Crippen LogP contribution is -2.27. The third kappa shape index (κ3) is 5.14. The van der Waals surface area contributed by atoms with E-state index in [9.17, 15) is 9.18 Å². The average molecular weight is 451 g/mol. The van der Waals surface area contributed by atoms with Crippen LogP contribution in [0.1, 0.15) is 42.0 Å². The largest absolute Gasteiger partial charge is 0.350 e. The van der Waals surface area contributed by atoms with Gasteiger partial charge in [0.2, 0.25) is 5.91 Å². The van der Waals surface area contributed by atoms with Gasteiger partial charge in [0.05, 0.1) is 12.6 Å². The SMILES string of the molecule is Cc1ccc2nc(CCC(=O)N[C@@H](C)c3ccc(Cl)cc3)n(Cc3ccc(F)cc3)c2n1. The van der Waals surface area contributed by atoms with Gasteiger partial charge in [-0.1, -0.05) is 35.9 Å². The Balaban J connectivity index is 1.51. The van der Waals surface area contributed by atoms with Crippen molar-refractivity contribution in [2.45, 2.75) is 39.3 Å². The van der Waals surface area contributed by atoms with E-state index in [-0.39, 0.29) is 17.8 Å². The van der Waals surface area contributed by atoms with Crippen LogP contribution in [0.2, 0.25) is 5.02 Å². The Bertz CT molecular complexity index is 1240. The zero-order valence-electron chi connectivity index (χ0n) is 18.0. The summed E-state index contributed by atoms with van der Waals surface area (Å²) in [5, 5.41) is 3.69. The van der Waals surface area contributed by atoms with Gasteiger partial charge in [-0.3, -0.25) is 4.79 Å². The normalized spacial score (nSPS) is 12.1. The van der Waals surface area contributed by atoms with E-state index < -0.39 is 0 Å². The zero-order chi connectivity index (χ0) is 22.7. The van der Waals surface area contributed by atoms with Crippen LogP contribution in [0.4, 0.5) is 4.39 Å². The standard InChI is InChI=1S/C25H24ClFN4O/c1-16-3-12-22-25(28-16)31(15-18-4-10-21(27)11-5-18)23(30-22)13-14-24(32)29-17(2)19-6-8-20(26)9-7-19/h3-12,17H,13-15H2,1-2H3,(H,29,32)/t17-/m0/s1. The molecule has 0 saturated heterocycles. The summed E-state index contributed by atoms with van der Waals surface area (Å²) in [6.07, 6.45) is 0.763. The van der Waals surface area contributed by atoms with E-state index in [0.29, 0.717) is 24.4 Å². The summed E-state index contributed by atoms with van der Waals surface area (Å²) in [4.78, 5) is 22.0. The minimum Gasteiger partial charge on any atom is -0.350 e. The average Bonchev–Trinajstić information content (AvgIpc) is 3.11. The van der Waals surface area contributed by atoms with Gasteiger partial charge in [-0.2, -0.15) is 0 Å². The highest BCUT2D eigenvalue weighted by atomic mass is 35.5. The number of hydrogen-bond acceptors (Lipinski definition) is 3. The van der Waals surface area contributed by atoms with E-state index in [1.807, 2.05) is 54.8 Å². The summed E-state index contributed by atoms with van der Waals surface area (Å²) >= 11 is 5.94. The van der Waals surface area contributed by atoms with Crippen molar-refractivity contribution in [2.24, 2.45) is 0 Å². The first-order chi connectivity index (χ1) is 15.4. The number of aryl methyl sites for hydroxylation is 2. The van der Waals surface area contributed by atoms with Crippen molar-refractivity contribution in [2.75, 3.05) is 0 Å². The summed E-state index contributed by atoms with van der Waals surface area (Å²) in [7, 11) is 0. The topological polar surface area (TPSA) is 59.8 Å². The monoisotopic (exact) mass is 450 g/mol. The summed E-state index contributed by atoms with van der Waals surface area (Å²) in [6, 6.07) is 17.6. The number of halogens is 2. The number of imidazole rings is 1. The van der Waals surface area contributed by atoms with Crippen LogP contribution < -0.4 is 5.32 Å². The molecule has 2 heterocycles. The van der Waals surface area contributed by atoms with E-state index in [1.54, 1.807) is 12.1 Å². The fourth-order valence-electron chi connectivity index (χ4n) is 3.65. The molecule has 0 aliphatic rings. The molecule has 5 nitrogen and oxygen atoms in total. The molecule has 2 aromatic heterocycles. The Labute approximate surface area is 191 Å². The second kappa shape index (κ2) is 9.49. The van der Waals surface area contributed by atoms with Gasteiger partial charge >= 0.3 is 0 Å². The van der Waals surface area contributed by atoms with Gasteiger partial charge in [-0.05, 0) is 61.4 Å². The van der Waals surface area contributed by atoms with Crippen molar-refractivity contribution >= 4 is 28.7 Å². The number of rotatable bonds is 7. The summed E-state index contributed by atoms with van der Waals surface area (Å²) in [6.45, 7) is 4.38. The Morgan fingerprint density at radius 3 is 2.50 bits per heavy atom. The van der Waals surface area contributed by atoms with Crippen LogP contribution in [0.15, 0.2) is 60.7 Å². The molecule has 7 heteroatoms. The molecule has 32 heavy (non-hydrogen) atoms. The van der Waals surface area contributed by atoms with Crippen molar-refractivity contribution < 1.29 is 9.18 Å². The molecule has 0 fully saturated rings. The first kappa shape index (κ1) is 22.0. The van der Waals surface area contributed by atoms with Gasteiger partial charge in [-0.25, -0.2) is 14.4 Å². The molecule has 1 atom stereocenters. The lowest BCUT2D eigenvalue weighted by Gasteiger charge is -2.15. The minimum atomic E-state index is -0.273. The van der Waals surface area contributed by atoms with Crippen LogP contribution >= 0.6 is 11.6 Å². The lowest BCUT2D eigenvalue weighted by molar-refractivity contribution is -0.121. The Morgan fingerprint density at radius 1 is 1.06 bits per heavy atom. The highest BCUT2D eigenvalue weighted by molar-refractivity contribution is 6.30. The predicted octanol–water partition coefficient (Wildman–Crippen LogP) is 5.39. The smallest absolute Gasteiger partial charge is 0.220 e. The van der Waals surface area contributed by atoms with E-state index in [2.05, 4.69) is 10.3 Å².